The summed E-state index contributed by atoms with van der Waals surface area (Å²) in [6.45, 7) is -0.547. The van der Waals surface area contributed by atoms with Crippen molar-refractivity contribution in [2.45, 2.75) is 31.0 Å². The summed E-state index contributed by atoms with van der Waals surface area (Å²) >= 11 is 0. The number of rotatable bonds is 2. The summed E-state index contributed by atoms with van der Waals surface area (Å²) < 4.78 is 19.4. The van der Waals surface area contributed by atoms with Crippen molar-refractivity contribution in [3.8, 4) is 0 Å². The van der Waals surface area contributed by atoms with Crippen molar-refractivity contribution in [1.29, 1.82) is 0 Å². The lowest BCUT2D eigenvalue weighted by molar-refractivity contribution is -0.202. The third-order valence-corrected chi connectivity index (χ3v) is 2.97. The highest BCUT2D eigenvalue weighted by atomic mass is 19.1. The van der Waals surface area contributed by atoms with Gasteiger partial charge in [0.2, 0.25) is 0 Å². The highest BCUT2D eigenvalue weighted by molar-refractivity contribution is 5.26. The number of hydrogen-bond donors (Lipinski definition) is 4. The molecule has 5 N–H and O–H groups in total. The Morgan fingerprint density at radius 3 is 2.89 bits per heavy atom. The Labute approximate surface area is 106 Å². The normalized spacial score (nSPS) is 31.4. The Bertz CT molecular complexity index is 522. The lowest BCUT2D eigenvalue weighted by Gasteiger charge is -2.36. The third-order valence-electron chi connectivity index (χ3n) is 2.97. The molecule has 0 unspecified atom stereocenters. The molecule has 0 aliphatic carbocycles. The summed E-state index contributed by atoms with van der Waals surface area (Å²) in [7, 11) is 0. The molecular formula is C10H14FN3O5. The fourth-order valence-electron chi connectivity index (χ4n) is 1.93. The van der Waals surface area contributed by atoms with Gasteiger partial charge >= 0.3 is 5.69 Å². The van der Waals surface area contributed by atoms with Crippen molar-refractivity contribution >= 4 is 5.82 Å². The predicted molar refractivity (Wildman–Crippen MR) is 60.5 cm³/mol. The molecule has 0 saturated carbocycles. The molecule has 2 heterocycles. The second-order valence-electron chi connectivity index (χ2n) is 4.27. The molecule has 0 amide bonds. The Morgan fingerprint density at radius 2 is 2.26 bits per heavy atom. The van der Waals surface area contributed by atoms with Crippen LogP contribution in [-0.2, 0) is 4.74 Å². The minimum atomic E-state index is -1.27. The number of nitrogen functional groups attached to an aromatic ring is 1. The monoisotopic (exact) mass is 275 g/mol. The van der Waals surface area contributed by atoms with Crippen LogP contribution in [0, 0.1) is 5.82 Å². The Kier molecular flexibility index (Phi) is 3.80. The minimum absolute atomic E-state index is 0.136. The van der Waals surface area contributed by atoms with Crippen LogP contribution in [0.2, 0.25) is 0 Å². The van der Waals surface area contributed by atoms with Gasteiger partial charge in [-0.3, -0.25) is 4.57 Å². The summed E-state index contributed by atoms with van der Waals surface area (Å²) in [6, 6.07) is 0. The predicted octanol–water partition coefficient (Wildman–Crippen LogP) is -2.03. The Balaban J connectivity index is 2.32. The first-order chi connectivity index (χ1) is 8.93. The van der Waals surface area contributed by atoms with Crippen LogP contribution in [0.4, 0.5) is 10.2 Å². The SMILES string of the molecule is Nc1nc(=O)n([C@@H]2C[C@@H](O)[C@@H](O)[C@@H](CO)O2)cc1F. The Morgan fingerprint density at radius 1 is 1.58 bits per heavy atom. The molecule has 0 radical (unpaired) electrons. The van der Waals surface area contributed by atoms with Crippen LogP contribution in [0.1, 0.15) is 12.6 Å². The molecule has 0 bridgehead atoms. The van der Waals surface area contributed by atoms with Gasteiger partial charge in [0.1, 0.15) is 18.4 Å². The van der Waals surface area contributed by atoms with Crippen LogP contribution in [0.25, 0.3) is 0 Å². The van der Waals surface area contributed by atoms with E-state index in [0.29, 0.717) is 0 Å². The molecule has 19 heavy (non-hydrogen) atoms. The van der Waals surface area contributed by atoms with Gasteiger partial charge in [0.25, 0.3) is 0 Å². The molecule has 1 fully saturated rings. The van der Waals surface area contributed by atoms with Gasteiger partial charge in [-0.05, 0) is 0 Å². The van der Waals surface area contributed by atoms with E-state index in [1.54, 1.807) is 0 Å². The summed E-state index contributed by atoms with van der Waals surface area (Å²) in [5, 5.41) is 28.2. The van der Waals surface area contributed by atoms with Gasteiger partial charge in [0, 0.05) is 6.42 Å². The van der Waals surface area contributed by atoms with Crippen LogP contribution in [0.15, 0.2) is 11.0 Å². The van der Waals surface area contributed by atoms with Crippen LogP contribution >= 0.6 is 0 Å². The van der Waals surface area contributed by atoms with E-state index in [1.807, 2.05) is 0 Å². The molecule has 1 aromatic heterocycles. The van der Waals surface area contributed by atoms with E-state index in [9.17, 15) is 19.4 Å². The number of halogens is 1. The third kappa shape index (κ3) is 2.59. The number of hydrogen-bond acceptors (Lipinski definition) is 7. The molecule has 1 aromatic rings. The van der Waals surface area contributed by atoms with Crippen molar-refractivity contribution in [3.05, 3.63) is 22.5 Å². The van der Waals surface area contributed by atoms with Gasteiger partial charge in [-0.25, -0.2) is 9.18 Å². The van der Waals surface area contributed by atoms with E-state index in [0.717, 1.165) is 10.8 Å². The molecule has 1 saturated heterocycles. The number of anilines is 1. The van der Waals surface area contributed by atoms with Crippen molar-refractivity contribution in [2.75, 3.05) is 12.3 Å². The average Bonchev–Trinajstić information content (AvgIpc) is 2.37. The smallest absolute Gasteiger partial charge is 0.351 e. The average molecular weight is 275 g/mol. The van der Waals surface area contributed by atoms with Crippen molar-refractivity contribution < 1.29 is 24.4 Å². The molecule has 4 atom stereocenters. The van der Waals surface area contributed by atoms with Gasteiger partial charge < -0.3 is 25.8 Å². The van der Waals surface area contributed by atoms with Gasteiger partial charge in [-0.1, -0.05) is 0 Å². The van der Waals surface area contributed by atoms with Crippen LogP contribution in [0.3, 0.4) is 0 Å². The lowest BCUT2D eigenvalue weighted by atomic mass is 10.0. The fraction of sp³-hybridized carbons (Fsp3) is 0.600. The van der Waals surface area contributed by atoms with Gasteiger partial charge in [-0.2, -0.15) is 4.98 Å². The first-order valence-electron chi connectivity index (χ1n) is 5.60. The Hall–Kier alpha value is -1.55. The molecule has 0 spiro atoms. The fourth-order valence-corrected chi connectivity index (χ4v) is 1.93. The molecule has 9 heteroatoms. The number of aliphatic hydroxyl groups is 3. The zero-order chi connectivity index (χ0) is 14.2. The number of aromatic nitrogens is 2. The van der Waals surface area contributed by atoms with E-state index in [1.165, 1.54) is 0 Å². The maximum atomic E-state index is 13.3. The molecule has 106 valence electrons. The van der Waals surface area contributed by atoms with E-state index in [2.05, 4.69) is 4.98 Å². The molecular weight excluding hydrogens is 261 g/mol. The molecule has 8 nitrogen and oxygen atoms in total. The number of ether oxygens (including phenoxy) is 1. The van der Waals surface area contributed by atoms with E-state index in [-0.39, 0.29) is 6.42 Å². The highest BCUT2D eigenvalue weighted by Gasteiger charge is 2.37. The van der Waals surface area contributed by atoms with Gasteiger partial charge in [0.15, 0.2) is 11.6 Å². The molecule has 1 aliphatic rings. The van der Waals surface area contributed by atoms with Crippen LogP contribution in [0.5, 0.6) is 0 Å². The second-order valence-corrected chi connectivity index (χ2v) is 4.27. The van der Waals surface area contributed by atoms with Gasteiger partial charge in [-0.15, -0.1) is 0 Å². The summed E-state index contributed by atoms with van der Waals surface area (Å²) in [4.78, 5) is 14.9. The number of aliphatic hydroxyl groups excluding tert-OH is 3. The molecule has 0 aromatic carbocycles. The summed E-state index contributed by atoms with van der Waals surface area (Å²) in [6.07, 6.45) is -3.91. The van der Waals surface area contributed by atoms with E-state index in [4.69, 9.17) is 15.6 Å². The first-order valence-corrected chi connectivity index (χ1v) is 5.60. The zero-order valence-corrected chi connectivity index (χ0v) is 9.81. The maximum Gasteiger partial charge on any atom is 0.351 e. The van der Waals surface area contributed by atoms with Gasteiger partial charge in [0.05, 0.1) is 18.9 Å². The second kappa shape index (κ2) is 5.21. The molecule has 2 rings (SSSR count). The first kappa shape index (κ1) is 13.9. The highest BCUT2D eigenvalue weighted by Crippen LogP contribution is 2.26. The van der Waals surface area contributed by atoms with Crippen LogP contribution < -0.4 is 11.4 Å². The molecule has 1 aliphatic heterocycles. The lowest BCUT2D eigenvalue weighted by Crippen LogP contribution is -2.49. The summed E-state index contributed by atoms with van der Waals surface area (Å²) in [5.41, 5.74) is 4.31. The van der Waals surface area contributed by atoms with Crippen molar-refractivity contribution in [1.82, 2.24) is 9.55 Å². The van der Waals surface area contributed by atoms with Crippen LogP contribution in [-0.4, -0.2) is 49.8 Å². The zero-order valence-electron chi connectivity index (χ0n) is 9.81. The quantitative estimate of drug-likeness (QED) is 0.489. The number of nitrogens with two attached hydrogens (primary N) is 1. The van der Waals surface area contributed by atoms with E-state index < -0.39 is 48.5 Å². The number of nitrogens with zero attached hydrogens (tertiary/aromatic N) is 2. The van der Waals surface area contributed by atoms with Crippen molar-refractivity contribution in [2.24, 2.45) is 0 Å². The largest absolute Gasteiger partial charge is 0.394 e. The van der Waals surface area contributed by atoms with E-state index >= 15 is 0 Å². The standard InChI is InChI=1S/C10H14FN3O5/c11-4-2-14(10(18)13-9(4)12)7-1-5(16)8(17)6(3-15)19-7/h2,5-8,15-17H,1,3H2,(H2,12,13,18)/t5-,6-,7+,8-/m1/s1. The summed E-state index contributed by atoms with van der Waals surface area (Å²) in [5.74, 6) is -1.43. The van der Waals surface area contributed by atoms with Crippen molar-refractivity contribution in [3.63, 3.8) is 0 Å². The topological polar surface area (TPSA) is 131 Å². The minimum Gasteiger partial charge on any atom is -0.394 e. The maximum absolute atomic E-state index is 13.3.